The van der Waals surface area contributed by atoms with Gasteiger partial charge in [-0.2, -0.15) is 0 Å². The molecule has 150 valence electrons. The largest absolute Gasteiger partial charge is 0.335 e. The summed E-state index contributed by atoms with van der Waals surface area (Å²) in [7, 11) is 0. The number of aromatic nitrogens is 2. The maximum atomic E-state index is 13.5. The number of hydrogen-bond acceptors (Lipinski definition) is 3. The summed E-state index contributed by atoms with van der Waals surface area (Å²) >= 11 is 0. The summed E-state index contributed by atoms with van der Waals surface area (Å²) in [6.45, 7) is 1.93. The van der Waals surface area contributed by atoms with E-state index >= 15 is 0 Å². The van der Waals surface area contributed by atoms with Gasteiger partial charge in [0.25, 0.3) is 5.56 Å². The summed E-state index contributed by atoms with van der Waals surface area (Å²) in [4.78, 5) is 33.2. The van der Waals surface area contributed by atoms with Crippen LogP contribution in [0, 0.1) is 6.92 Å². The second-order valence-corrected chi connectivity index (χ2v) is 8.45. The Kier molecular flexibility index (Phi) is 5.79. The highest BCUT2D eigenvalue weighted by Crippen LogP contribution is 2.30. The first-order chi connectivity index (χ1) is 13.6. The smallest absolute Gasteiger partial charge is 0.261 e. The normalized spacial score (nSPS) is 19.0. The van der Waals surface area contributed by atoms with Crippen LogP contribution in [-0.2, 0) is 11.3 Å². The molecule has 1 aromatic heterocycles. The molecule has 2 aliphatic carbocycles. The van der Waals surface area contributed by atoms with Crippen LogP contribution in [0.2, 0.25) is 0 Å². The molecule has 0 atom stereocenters. The van der Waals surface area contributed by atoms with Crippen LogP contribution in [0.4, 0.5) is 0 Å². The van der Waals surface area contributed by atoms with Gasteiger partial charge in [0.15, 0.2) is 0 Å². The lowest BCUT2D eigenvalue weighted by atomic mass is 9.88. The van der Waals surface area contributed by atoms with Crippen LogP contribution < -0.4 is 5.56 Å². The molecule has 1 heterocycles. The Morgan fingerprint density at radius 3 is 2.18 bits per heavy atom. The lowest BCUT2D eigenvalue weighted by Gasteiger charge is -2.42. The number of carbonyl (C=O) groups excluding carboxylic acids is 1. The molecule has 0 spiro atoms. The fourth-order valence-electron chi connectivity index (χ4n) is 5.11. The molecule has 0 saturated heterocycles. The number of benzene rings is 1. The zero-order chi connectivity index (χ0) is 19.5. The number of fused-ring (bicyclic) bond motifs is 1. The van der Waals surface area contributed by atoms with Gasteiger partial charge in [-0.05, 0) is 44.7 Å². The van der Waals surface area contributed by atoms with Crippen molar-refractivity contribution < 1.29 is 4.79 Å². The fourth-order valence-corrected chi connectivity index (χ4v) is 5.11. The van der Waals surface area contributed by atoms with Gasteiger partial charge in [-0.3, -0.25) is 14.2 Å². The van der Waals surface area contributed by atoms with Crippen LogP contribution in [0.1, 0.15) is 70.0 Å². The number of para-hydroxylation sites is 1. The first kappa shape index (κ1) is 19.2. The zero-order valence-electron chi connectivity index (χ0n) is 16.9. The minimum atomic E-state index is -0.108. The van der Waals surface area contributed by atoms with E-state index in [9.17, 15) is 9.59 Å². The highest BCUT2D eigenvalue weighted by atomic mass is 16.2. The van der Waals surface area contributed by atoms with Crippen LogP contribution in [0.5, 0.6) is 0 Å². The van der Waals surface area contributed by atoms with Crippen molar-refractivity contribution in [1.82, 2.24) is 14.5 Å². The second kappa shape index (κ2) is 8.46. The number of aryl methyl sites for hydroxylation is 1. The number of rotatable bonds is 4. The standard InChI is InChI=1S/C23H31N3O2/c1-17-24-21-15-9-8-14-20(21)23(28)25(17)16-22(27)26(18-10-4-2-5-11-18)19-12-6-3-7-13-19/h8-9,14-15,18-19H,2-7,10-13,16H2,1H3. The third-order valence-electron chi connectivity index (χ3n) is 6.57. The quantitative estimate of drug-likeness (QED) is 0.798. The maximum Gasteiger partial charge on any atom is 0.261 e. The molecule has 0 N–H and O–H groups in total. The Balaban J connectivity index is 1.64. The molecule has 0 unspecified atom stereocenters. The topological polar surface area (TPSA) is 55.2 Å². The Morgan fingerprint density at radius 1 is 1.00 bits per heavy atom. The summed E-state index contributed by atoms with van der Waals surface area (Å²) in [5.74, 6) is 0.713. The monoisotopic (exact) mass is 381 g/mol. The molecule has 1 amide bonds. The van der Waals surface area contributed by atoms with Crippen molar-refractivity contribution in [3.63, 3.8) is 0 Å². The predicted molar refractivity (Wildman–Crippen MR) is 111 cm³/mol. The van der Waals surface area contributed by atoms with Gasteiger partial charge in [0, 0.05) is 12.1 Å². The molecule has 5 heteroatoms. The Morgan fingerprint density at radius 2 is 1.57 bits per heavy atom. The van der Waals surface area contributed by atoms with Crippen molar-refractivity contribution in [3.05, 3.63) is 40.4 Å². The van der Waals surface area contributed by atoms with Gasteiger partial charge in [0.1, 0.15) is 12.4 Å². The van der Waals surface area contributed by atoms with Gasteiger partial charge < -0.3 is 4.90 Å². The average molecular weight is 382 g/mol. The molecule has 0 aliphatic heterocycles. The molecule has 0 bridgehead atoms. The van der Waals surface area contributed by atoms with Gasteiger partial charge in [0.2, 0.25) is 5.91 Å². The molecule has 2 aromatic rings. The highest BCUT2D eigenvalue weighted by Gasteiger charge is 2.32. The summed E-state index contributed by atoms with van der Waals surface area (Å²) in [6, 6.07) is 8.07. The zero-order valence-corrected chi connectivity index (χ0v) is 16.9. The van der Waals surface area contributed by atoms with E-state index in [1.54, 1.807) is 10.6 Å². The summed E-state index contributed by atoms with van der Waals surface area (Å²) < 4.78 is 1.57. The highest BCUT2D eigenvalue weighted by molar-refractivity contribution is 5.79. The molecule has 2 saturated carbocycles. The molecule has 2 aliphatic rings. The lowest BCUT2D eigenvalue weighted by molar-refractivity contribution is -0.138. The van der Waals surface area contributed by atoms with E-state index in [0.29, 0.717) is 28.8 Å². The van der Waals surface area contributed by atoms with E-state index in [1.807, 2.05) is 25.1 Å². The van der Waals surface area contributed by atoms with Gasteiger partial charge in [0.05, 0.1) is 10.9 Å². The maximum absolute atomic E-state index is 13.5. The molecular formula is C23H31N3O2. The van der Waals surface area contributed by atoms with E-state index in [-0.39, 0.29) is 18.0 Å². The average Bonchev–Trinajstić information content (AvgIpc) is 2.73. The van der Waals surface area contributed by atoms with Crippen LogP contribution in [0.3, 0.4) is 0 Å². The number of hydrogen-bond donors (Lipinski definition) is 0. The molecule has 0 radical (unpaired) electrons. The number of carbonyl (C=O) groups is 1. The van der Waals surface area contributed by atoms with Crippen molar-refractivity contribution >= 4 is 16.8 Å². The molecular weight excluding hydrogens is 350 g/mol. The van der Waals surface area contributed by atoms with Crippen LogP contribution in [0.15, 0.2) is 29.1 Å². The lowest BCUT2D eigenvalue weighted by Crippen LogP contribution is -2.50. The summed E-state index contributed by atoms with van der Waals surface area (Å²) in [6.07, 6.45) is 11.8. The van der Waals surface area contributed by atoms with Gasteiger partial charge >= 0.3 is 0 Å². The molecule has 2 fully saturated rings. The third kappa shape index (κ3) is 3.85. The van der Waals surface area contributed by atoms with Crippen molar-refractivity contribution in [2.75, 3.05) is 0 Å². The van der Waals surface area contributed by atoms with Crippen molar-refractivity contribution in [3.8, 4) is 0 Å². The minimum Gasteiger partial charge on any atom is -0.335 e. The van der Waals surface area contributed by atoms with Gasteiger partial charge in [-0.15, -0.1) is 0 Å². The third-order valence-corrected chi connectivity index (χ3v) is 6.57. The Hall–Kier alpha value is -2.17. The van der Waals surface area contributed by atoms with E-state index in [4.69, 9.17) is 0 Å². The van der Waals surface area contributed by atoms with E-state index in [2.05, 4.69) is 9.88 Å². The van der Waals surface area contributed by atoms with Gasteiger partial charge in [-0.1, -0.05) is 50.7 Å². The van der Waals surface area contributed by atoms with E-state index in [1.165, 1.54) is 38.5 Å². The Labute approximate surface area is 166 Å². The molecule has 28 heavy (non-hydrogen) atoms. The second-order valence-electron chi connectivity index (χ2n) is 8.45. The predicted octanol–water partition coefficient (Wildman–Crippen LogP) is 4.20. The fraction of sp³-hybridized carbons (Fsp3) is 0.609. The van der Waals surface area contributed by atoms with Crippen LogP contribution in [-0.4, -0.2) is 32.4 Å². The molecule has 5 nitrogen and oxygen atoms in total. The van der Waals surface area contributed by atoms with Crippen LogP contribution in [0.25, 0.3) is 10.9 Å². The first-order valence-corrected chi connectivity index (χ1v) is 10.9. The Bertz CT molecular complexity index is 874. The van der Waals surface area contributed by atoms with Crippen molar-refractivity contribution in [2.45, 2.75) is 89.8 Å². The van der Waals surface area contributed by atoms with E-state index < -0.39 is 0 Å². The summed E-state index contributed by atoms with van der Waals surface area (Å²) in [5.41, 5.74) is 0.591. The van der Waals surface area contributed by atoms with Crippen molar-refractivity contribution in [2.24, 2.45) is 0 Å². The first-order valence-electron chi connectivity index (χ1n) is 10.9. The molecule has 4 rings (SSSR count). The van der Waals surface area contributed by atoms with Gasteiger partial charge in [-0.25, -0.2) is 4.98 Å². The number of amides is 1. The SMILES string of the molecule is Cc1nc2ccccc2c(=O)n1CC(=O)N(C1CCCCC1)C1CCCCC1. The number of nitrogens with zero attached hydrogens (tertiary/aromatic N) is 3. The summed E-state index contributed by atoms with van der Waals surface area (Å²) in [5, 5.41) is 0.586. The van der Waals surface area contributed by atoms with E-state index in [0.717, 1.165) is 25.7 Å². The minimum absolute atomic E-state index is 0.0982. The van der Waals surface area contributed by atoms with Crippen molar-refractivity contribution in [1.29, 1.82) is 0 Å². The van der Waals surface area contributed by atoms with Crippen LogP contribution >= 0.6 is 0 Å². The molecule has 1 aromatic carbocycles.